The zero-order valence-corrected chi connectivity index (χ0v) is 32.7. The Morgan fingerprint density at radius 1 is 0.615 bits per heavy atom. The van der Waals surface area contributed by atoms with E-state index >= 15 is 0 Å². The summed E-state index contributed by atoms with van der Waals surface area (Å²) in [4.78, 5) is 23.0. The number of unbranched alkanes of at least 4 members (excludes halogenated alkanes) is 14. The van der Waals surface area contributed by atoms with Gasteiger partial charge in [0.15, 0.2) is 0 Å². The number of carbonyl (C=O) groups excluding carboxylic acids is 1. The van der Waals surface area contributed by atoms with E-state index in [1.807, 2.05) is 0 Å². The lowest BCUT2D eigenvalue weighted by Gasteiger charge is -2.41. The first-order valence-electron chi connectivity index (χ1n) is 19.8. The van der Waals surface area contributed by atoms with Crippen molar-refractivity contribution in [3.63, 3.8) is 0 Å². The summed E-state index contributed by atoms with van der Waals surface area (Å²) in [6.45, 7) is 4.09. The maximum atomic E-state index is 12.7. The SMILES string of the molecule is CCC/C=C\C/C=C\CCCCCCCCOCC(COP(=O)(O)OC1C(O)C(O)C(O)C(O)C1O)OC(=O)CCCCCCC/C=C\CCCC. The molecular weight excluding hydrogens is 691 g/mol. The van der Waals surface area contributed by atoms with E-state index in [-0.39, 0.29) is 13.0 Å². The molecule has 12 nitrogen and oxygen atoms in total. The highest BCUT2D eigenvalue weighted by molar-refractivity contribution is 7.47. The molecule has 1 saturated carbocycles. The van der Waals surface area contributed by atoms with Gasteiger partial charge in [-0.15, -0.1) is 0 Å². The summed E-state index contributed by atoms with van der Waals surface area (Å²) in [6, 6.07) is 0. The Morgan fingerprint density at radius 3 is 1.71 bits per heavy atom. The number of hydrogen-bond acceptors (Lipinski definition) is 11. The number of rotatable bonds is 32. The Balaban J connectivity index is 2.48. The fraction of sp³-hybridized carbons (Fsp3) is 0.821. The van der Waals surface area contributed by atoms with Crippen molar-refractivity contribution in [1.29, 1.82) is 0 Å². The molecule has 6 N–H and O–H groups in total. The fourth-order valence-electron chi connectivity index (χ4n) is 5.73. The molecule has 6 unspecified atom stereocenters. The number of aliphatic hydroxyl groups excluding tert-OH is 5. The molecule has 0 amide bonds. The number of phosphoric acid groups is 1. The molecular formula is C39H71O12P. The lowest BCUT2D eigenvalue weighted by Crippen LogP contribution is -2.64. The second-order valence-electron chi connectivity index (χ2n) is 13.8. The molecule has 0 radical (unpaired) electrons. The van der Waals surface area contributed by atoms with E-state index in [0.717, 1.165) is 89.9 Å². The van der Waals surface area contributed by atoms with Crippen LogP contribution in [0.15, 0.2) is 36.5 Å². The summed E-state index contributed by atoms with van der Waals surface area (Å²) < 4.78 is 34.0. The molecule has 0 heterocycles. The van der Waals surface area contributed by atoms with Gasteiger partial charge in [-0.1, -0.05) is 115 Å². The normalized spacial score (nSPS) is 24.2. The lowest BCUT2D eigenvalue weighted by atomic mass is 9.85. The van der Waals surface area contributed by atoms with E-state index in [9.17, 15) is 39.8 Å². The van der Waals surface area contributed by atoms with Gasteiger partial charge in [0, 0.05) is 13.0 Å². The standard InChI is InChI=1S/C39H71O12P/c1-3-5-7-9-11-13-15-16-17-19-21-23-25-27-29-48-30-32(50-33(40)28-26-24-22-20-18-14-12-10-8-6-4-2)31-49-52(46,47)51-39-37(44)35(42)34(41)36(43)38(39)45/h7,9-10,12-13,15,32,34-39,41-45H,3-6,8,11,14,16-31H2,1-2H3,(H,46,47)/b9-7-,12-10-,15-13-. The molecule has 1 fully saturated rings. The van der Waals surface area contributed by atoms with E-state index in [1.165, 1.54) is 25.7 Å². The van der Waals surface area contributed by atoms with Gasteiger partial charge in [-0.2, -0.15) is 0 Å². The average Bonchev–Trinajstić information content (AvgIpc) is 3.12. The highest BCUT2D eigenvalue weighted by Gasteiger charge is 2.51. The first-order chi connectivity index (χ1) is 25.0. The van der Waals surface area contributed by atoms with Gasteiger partial charge in [0.25, 0.3) is 0 Å². The monoisotopic (exact) mass is 762 g/mol. The van der Waals surface area contributed by atoms with Gasteiger partial charge in [0.1, 0.15) is 42.7 Å². The van der Waals surface area contributed by atoms with E-state index in [2.05, 4.69) is 50.3 Å². The summed E-state index contributed by atoms with van der Waals surface area (Å²) in [5.74, 6) is -0.495. The zero-order valence-electron chi connectivity index (χ0n) is 31.8. The van der Waals surface area contributed by atoms with Gasteiger partial charge in [0.2, 0.25) is 0 Å². The van der Waals surface area contributed by atoms with E-state index in [4.69, 9.17) is 18.5 Å². The topological polar surface area (TPSA) is 192 Å². The van der Waals surface area contributed by atoms with Crippen LogP contribution in [-0.4, -0.2) is 98.9 Å². The van der Waals surface area contributed by atoms with Crippen LogP contribution >= 0.6 is 7.82 Å². The van der Waals surface area contributed by atoms with Crippen molar-refractivity contribution in [3.05, 3.63) is 36.5 Å². The highest BCUT2D eigenvalue weighted by Crippen LogP contribution is 2.47. The number of aliphatic hydroxyl groups is 5. The van der Waals surface area contributed by atoms with Gasteiger partial charge in [-0.05, 0) is 57.8 Å². The van der Waals surface area contributed by atoms with Crippen molar-refractivity contribution < 1.29 is 58.3 Å². The molecule has 0 spiro atoms. The minimum absolute atomic E-state index is 0.0875. The molecule has 0 aromatic heterocycles. The number of hydrogen-bond donors (Lipinski definition) is 6. The average molecular weight is 763 g/mol. The zero-order chi connectivity index (χ0) is 38.5. The Morgan fingerprint density at radius 2 is 1.12 bits per heavy atom. The number of ether oxygens (including phenoxy) is 2. The summed E-state index contributed by atoms with van der Waals surface area (Å²) in [5, 5.41) is 50.0. The number of phosphoric ester groups is 1. The van der Waals surface area contributed by atoms with Crippen LogP contribution in [0.2, 0.25) is 0 Å². The van der Waals surface area contributed by atoms with Crippen LogP contribution in [0.3, 0.4) is 0 Å². The molecule has 0 aliphatic heterocycles. The molecule has 13 heteroatoms. The molecule has 1 aliphatic carbocycles. The molecule has 52 heavy (non-hydrogen) atoms. The molecule has 0 aromatic rings. The Hall–Kier alpha value is -1.44. The van der Waals surface area contributed by atoms with Crippen LogP contribution in [0.4, 0.5) is 0 Å². The largest absolute Gasteiger partial charge is 0.472 e. The van der Waals surface area contributed by atoms with Crippen LogP contribution < -0.4 is 0 Å². The molecule has 0 saturated heterocycles. The Kier molecular flexibility index (Phi) is 28.8. The van der Waals surface area contributed by atoms with Crippen LogP contribution in [-0.2, 0) is 27.9 Å². The molecule has 1 aliphatic rings. The van der Waals surface area contributed by atoms with Crippen molar-refractivity contribution in [2.45, 2.75) is 185 Å². The van der Waals surface area contributed by atoms with E-state index < -0.39 is 63.1 Å². The summed E-state index contributed by atoms with van der Waals surface area (Å²) in [6.07, 6.45) is 20.8. The van der Waals surface area contributed by atoms with Gasteiger partial charge in [0.05, 0.1) is 13.2 Å². The summed E-state index contributed by atoms with van der Waals surface area (Å²) in [5.41, 5.74) is 0. The lowest BCUT2D eigenvalue weighted by molar-refractivity contribution is -0.220. The third-order valence-electron chi connectivity index (χ3n) is 8.97. The van der Waals surface area contributed by atoms with Gasteiger partial charge >= 0.3 is 13.8 Å². The van der Waals surface area contributed by atoms with Crippen molar-refractivity contribution in [1.82, 2.24) is 0 Å². The smallest absolute Gasteiger partial charge is 0.457 e. The molecule has 1 rings (SSSR count). The second kappa shape index (κ2) is 30.8. The maximum Gasteiger partial charge on any atom is 0.472 e. The van der Waals surface area contributed by atoms with Gasteiger partial charge in [-0.25, -0.2) is 4.57 Å². The predicted octanol–water partition coefficient (Wildman–Crippen LogP) is 6.75. The van der Waals surface area contributed by atoms with Crippen molar-refractivity contribution in [2.24, 2.45) is 0 Å². The maximum absolute atomic E-state index is 12.7. The third-order valence-corrected chi connectivity index (χ3v) is 9.95. The van der Waals surface area contributed by atoms with Gasteiger partial charge in [-0.3, -0.25) is 13.8 Å². The predicted molar refractivity (Wildman–Crippen MR) is 202 cm³/mol. The Bertz CT molecular complexity index is 1010. The van der Waals surface area contributed by atoms with Crippen molar-refractivity contribution in [3.8, 4) is 0 Å². The molecule has 0 aromatic carbocycles. The van der Waals surface area contributed by atoms with Crippen LogP contribution in [0.5, 0.6) is 0 Å². The number of allylic oxidation sites excluding steroid dienone is 6. The van der Waals surface area contributed by atoms with E-state index in [0.29, 0.717) is 13.0 Å². The third kappa shape index (κ3) is 23.4. The number of esters is 1. The second-order valence-corrected chi connectivity index (χ2v) is 15.2. The van der Waals surface area contributed by atoms with Crippen molar-refractivity contribution in [2.75, 3.05) is 19.8 Å². The first kappa shape index (κ1) is 48.6. The number of carbonyl (C=O) groups is 1. The minimum Gasteiger partial charge on any atom is -0.457 e. The van der Waals surface area contributed by atoms with Crippen LogP contribution in [0, 0.1) is 0 Å². The van der Waals surface area contributed by atoms with Gasteiger partial charge < -0.3 is 39.9 Å². The molecule has 304 valence electrons. The fourth-order valence-corrected chi connectivity index (χ4v) is 6.70. The minimum atomic E-state index is -5.01. The molecule has 6 atom stereocenters. The Labute approximate surface area is 312 Å². The quantitative estimate of drug-likeness (QED) is 0.0183. The van der Waals surface area contributed by atoms with Crippen LogP contribution in [0.25, 0.3) is 0 Å². The van der Waals surface area contributed by atoms with E-state index in [1.54, 1.807) is 0 Å². The first-order valence-corrected chi connectivity index (χ1v) is 21.3. The van der Waals surface area contributed by atoms with Crippen molar-refractivity contribution >= 4 is 13.8 Å². The summed E-state index contributed by atoms with van der Waals surface area (Å²) in [7, 11) is -5.01. The van der Waals surface area contributed by atoms with Crippen LogP contribution in [0.1, 0.15) is 142 Å². The molecule has 0 bridgehead atoms. The summed E-state index contributed by atoms with van der Waals surface area (Å²) >= 11 is 0. The highest BCUT2D eigenvalue weighted by atomic mass is 31.2.